The second kappa shape index (κ2) is 6.33. The number of nitrogens with one attached hydrogen (secondary N) is 1. The van der Waals surface area contributed by atoms with Gasteiger partial charge in [-0.15, -0.1) is 0 Å². The van der Waals surface area contributed by atoms with Crippen LogP contribution in [0, 0.1) is 5.92 Å². The van der Waals surface area contributed by atoms with Crippen LogP contribution in [-0.4, -0.2) is 42.5 Å². The van der Waals surface area contributed by atoms with Crippen molar-refractivity contribution in [1.29, 1.82) is 0 Å². The molecule has 1 heterocycles. The van der Waals surface area contributed by atoms with Gasteiger partial charge in [0.25, 0.3) is 0 Å². The average Bonchev–Trinajstić information content (AvgIpc) is 2.39. The molecule has 1 aliphatic carbocycles. The summed E-state index contributed by atoms with van der Waals surface area (Å²) in [5, 5.41) is 13.3. The highest BCUT2D eigenvalue weighted by Gasteiger charge is 2.38. The second-order valence-corrected chi connectivity index (χ2v) is 6.10. The Balaban J connectivity index is 1.99. The first-order valence-corrected chi connectivity index (χ1v) is 7.39. The zero-order valence-electron chi connectivity index (χ0n) is 11.5. The molecule has 1 saturated heterocycles. The maximum Gasteiger partial charge on any atom is 0.0565 e. The summed E-state index contributed by atoms with van der Waals surface area (Å²) in [6.07, 6.45) is 7.08. The molecule has 2 rings (SSSR count). The number of ether oxygens (including phenoxy) is 1. The van der Waals surface area contributed by atoms with Gasteiger partial charge in [0, 0.05) is 31.3 Å². The number of hydrogen-bond donors (Lipinski definition) is 3. The molecule has 1 saturated carbocycles. The molecule has 106 valence electrons. The van der Waals surface area contributed by atoms with Gasteiger partial charge in [-0.1, -0.05) is 12.8 Å². The molecule has 4 atom stereocenters. The van der Waals surface area contributed by atoms with Crippen LogP contribution in [0.15, 0.2) is 0 Å². The van der Waals surface area contributed by atoms with Crippen LogP contribution >= 0.6 is 0 Å². The Morgan fingerprint density at radius 2 is 2.17 bits per heavy atom. The van der Waals surface area contributed by atoms with Crippen LogP contribution in [0.2, 0.25) is 0 Å². The molecule has 4 nitrogen and oxygen atoms in total. The van der Waals surface area contributed by atoms with Crippen molar-refractivity contribution in [3.05, 3.63) is 0 Å². The quantitative estimate of drug-likeness (QED) is 0.702. The first kappa shape index (κ1) is 14.3. The third-order valence-electron chi connectivity index (χ3n) is 4.69. The molecule has 0 spiro atoms. The van der Waals surface area contributed by atoms with E-state index in [1.807, 2.05) is 0 Å². The van der Waals surface area contributed by atoms with Crippen LogP contribution < -0.4 is 11.1 Å². The summed E-state index contributed by atoms with van der Waals surface area (Å²) in [6.45, 7) is 3.87. The topological polar surface area (TPSA) is 67.5 Å². The lowest BCUT2D eigenvalue weighted by molar-refractivity contribution is -0.0250. The molecule has 0 aromatic carbocycles. The summed E-state index contributed by atoms with van der Waals surface area (Å²) in [5.41, 5.74) is 6.04. The molecule has 4 unspecified atom stereocenters. The van der Waals surface area contributed by atoms with E-state index in [-0.39, 0.29) is 11.6 Å². The van der Waals surface area contributed by atoms with Crippen molar-refractivity contribution in [2.45, 2.75) is 63.1 Å². The van der Waals surface area contributed by atoms with Crippen LogP contribution in [0.4, 0.5) is 0 Å². The summed E-state index contributed by atoms with van der Waals surface area (Å²) in [5.74, 6) is 0.403. The Morgan fingerprint density at radius 1 is 1.39 bits per heavy atom. The fourth-order valence-corrected chi connectivity index (χ4v) is 3.55. The van der Waals surface area contributed by atoms with E-state index in [2.05, 4.69) is 12.2 Å². The molecule has 0 radical (unpaired) electrons. The van der Waals surface area contributed by atoms with Gasteiger partial charge in [0.15, 0.2) is 0 Å². The Bertz CT molecular complexity index is 262. The highest BCUT2D eigenvalue weighted by atomic mass is 16.5. The van der Waals surface area contributed by atoms with Crippen molar-refractivity contribution >= 4 is 0 Å². The molecular formula is C14H28N2O2. The maximum absolute atomic E-state index is 9.50. The summed E-state index contributed by atoms with van der Waals surface area (Å²) in [7, 11) is 0. The highest BCUT2D eigenvalue weighted by molar-refractivity contribution is 4.97. The number of hydrogen-bond acceptors (Lipinski definition) is 4. The van der Waals surface area contributed by atoms with Gasteiger partial charge >= 0.3 is 0 Å². The SMILES string of the molecule is CC1CC(CN)(NC2CCCCC2CO)CCO1. The molecule has 1 aliphatic heterocycles. The van der Waals surface area contributed by atoms with E-state index in [1.54, 1.807) is 0 Å². The minimum atomic E-state index is 0.0209. The summed E-state index contributed by atoms with van der Waals surface area (Å²) in [6, 6.07) is 0.428. The lowest BCUT2D eigenvalue weighted by Gasteiger charge is -2.45. The standard InChI is InChI=1S/C14H28N2O2/c1-11-8-14(10-15,6-7-18-11)16-13-5-3-2-4-12(13)9-17/h11-13,16-17H,2-10,15H2,1H3. The molecule has 2 aliphatic rings. The normalized spacial score (nSPS) is 41.8. The van der Waals surface area contributed by atoms with E-state index >= 15 is 0 Å². The van der Waals surface area contributed by atoms with E-state index in [9.17, 15) is 5.11 Å². The molecule has 4 heteroatoms. The van der Waals surface area contributed by atoms with Crippen molar-refractivity contribution < 1.29 is 9.84 Å². The molecule has 18 heavy (non-hydrogen) atoms. The minimum Gasteiger partial charge on any atom is -0.396 e. The predicted molar refractivity (Wildman–Crippen MR) is 72.4 cm³/mol. The average molecular weight is 256 g/mol. The number of nitrogens with two attached hydrogens (primary N) is 1. The predicted octanol–water partition coefficient (Wildman–Crippen LogP) is 1.02. The first-order chi connectivity index (χ1) is 8.69. The zero-order valence-corrected chi connectivity index (χ0v) is 11.5. The van der Waals surface area contributed by atoms with Crippen molar-refractivity contribution in [2.24, 2.45) is 11.7 Å². The highest BCUT2D eigenvalue weighted by Crippen LogP contribution is 2.30. The van der Waals surface area contributed by atoms with Crippen molar-refractivity contribution in [1.82, 2.24) is 5.32 Å². The Morgan fingerprint density at radius 3 is 2.83 bits per heavy atom. The fraction of sp³-hybridized carbons (Fsp3) is 1.00. The van der Waals surface area contributed by atoms with Crippen LogP contribution in [0.3, 0.4) is 0 Å². The first-order valence-electron chi connectivity index (χ1n) is 7.39. The van der Waals surface area contributed by atoms with Gasteiger partial charge in [-0.2, -0.15) is 0 Å². The van der Waals surface area contributed by atoms with Gasteiger partial charge in [0.2, 0.25) is 0 Å². The molecule has 4 N–H and O–H groups in total. The van der Waals surface area contributed by atoms with E-state index < -0.39 is 0 Å². The van der Waals surface area contributed by atoms with Gasteiger partial charge in [-0.3, -0.25) is 0 Å². The van der Waals surface area contributed by atoms with Crippen LogP contribution in [-0.2, 0) is 4.74 Å². The number of aliphatic hydroxyl groups excluding tert-OH is 1. The minimum absolute atomic E-state index is 0.0209. The van der Waals surface area contributed by atoms with Crippen LogP contribution in [0.1, 0.15) is 45.4 Å². The van der Waals surface area contributed by atoms with Gasteiger partial charge in [0.05, 0.1) is 6.10 Å². The smallest absolute Gasteiger partial charge is 0.0565 e. The number of rotatable bonds is 4. The molecule has 0 amide bonds. The Labute approximate surface area is 110 Å². The Hall–Kier alpha value is -0.160. The van der Waals surface area contributed by atoms with E-state index in [0.717, 1.165) is 25.9 Å². The molecule has 0 aromatic rings. The number of aliphatic hydroxyl groups is 1. The van der Waals surface area contributed by atoms with E-state index in [4.69, 9.17) is 10.5 Å². The van der Waals surface area contributed by atoms with E-state index in [0.29, 0.717) is 25.1 Å². The summed E-state index contributed by atoms with van der Waals surface area (Å²) < 4.78 is 5.63. The molecule has 2 fully saturated rings. The summed E-state index contributed by atoms with van der Waals surface area (Å²) >= 11 is 0. The van der Waals surface area contributed by atoms with Gasteiger partial charge in [-0.25, -0.2) is 0 Å². The van der Waals surface area contributed by atoms with Crippen LogP contribution in [0.25, 0.3) is 0 Å². The third-order valence-corrected chi connectivity index (χ3v) is 4.69. The molecule has 0 bridgehead atoms. The van der Waals surface area contributed by atoms with Gasteiger partial charge in [-0.05, 0) is 38.5 Å². The van der Waals surface area contributed by atoms with Crippen molar-refractivity contribution in [2.75, 3.05) is 19.8 Å². The van der Waals surface area contributed by atoms with Gasteiger partial charge < -0.3 is 20.9 Å². The lowest BCUT2D eigenvalue weighted by atomic mass is 9.80. The molecular weight excluding hydrogens is 228 g/mol. The fourth-order valence-electron chi connectivity index (χ4n) is 3.55. The van der Waals surface area contributed by atoms with Gasteiger partial charge in [0.1, 0.15) is 0 Å². The van der Waals surface area contributed by atoms with E-state index in [1.165, 1.54) is 19.3 Å². The second-order valence-electron chi connectivity index (χ2n) is 6.10. The maximum atomic E-state index is 9.50. The lowest BCUT2D eigenvalue weighted by Crippen LogP contribution is -2.61. The summed E-state index contributed by atoms with van der Waals surface area (Å²) in [4.78, 5) is 0. The monoisotopic (exact) mass is 256 g/mol. The largest absolute Gasteiger partial charge is 0.396 e. The Kier molecular flexibility index (Phi) is 5.01. The molecule has 0 aromatic heterocycles. The van der Waals surface area contributed by atoms with Crippen molar-refractivity contribution in [3.63, 3.8) is 0 Å². The van der Waals surface area contributed by atoms with Crippen LogP contribution in [0.5, 0.6) is 0 Å². The third kappa shape index (κ3) is 3.23. The van der Waals surface area contributed by atoms with Crippen molar-refractivity contribution in [3.8, 4) is 0 Å². The zero-order chi connectivity index (χ0) is 13.0.